The Morgan fingerprint density at radius 2 is 2.27 bits per heavy atom. The number of likely N-dealkylation sites (N-methyl/N-ethyl adjacent to an activating group) is 1. The van der Waals surface area contributed by atoms with Crippen LogP contribution in [0, 0.1) is 0 Å². The largest absolute Gasteiger partial charge is 0.350 e. The molecule has 0 aromatic heterocycles. The van der Waals surface area contributed by atoms with Crippen LogP contribution in [0.2, 0.25) is 0 Å². The monoisotopic (exact) mass is 179 g/mol. The lowest BCUT2D eigenvalue weighted by atomic mass is 10.2. The van der Waals surface area contributed by atoms with Gasteiger partial charge in [-0.05, 0) is 7.05 Å². The van der Waals surface area contributed by atoms with Crippen LogP contribution in [0.15, 0.2) is 0 Å². The Labute approximate surface area is 72.5 Å². The lowest BCUT2D eigenvalue weighted by molar-refractivity contribution is -0.121. The normalized spacial score (nSPS) is 16.5. The number of carbonyl (C=O) groups excluding carboxylic acids is 1. The van der Waals surface area contributed by atoms with E-state index in [2.05, 4.69) is 16.0 Å². The van der Waals surface area contributed by atoms with Crippen LogP contribution in [0.5, 0.6) is 0 Å². The first-order chi connectivity index (χ1) is 4.83. The quantitative estimate of drug-likeness (QED) is 0.506. The fraction of sp³-hybridized carbons (Fsp3) is 0.833. The number of amides is 1. The third-order valence-electron chi connectivity index (χ3n) is 1.48. The standard InChI is InChI=1S/C6H13N3O.ClH/c1-7-4-6(10)9-5-2-8-3-5;/h5,7-8H,2-4H2,1H3,(H,9,10);1H. The van der Waals surface area contributed by atoms with Crippen molar-refractivity contribution in [3.8, 4) is 0 Å². The maximum absolute atomic E-state index is 10.8. The minimum atomic E-state index is 0. The van der Waals surface area contributed by atoms with Crippen molar-refractivity contribution >= 4 is 18.3 Å². The molecule has 66 valence electrons. The molecule has 1 rings (SSSR count). The molecule has 1 fully saturated rings. The summed E-state index contributed by atoms with van der Waals surface area (Å²) in [7, 11) is 1.76. The predicted octanol–water partition coefficient (Wildman–Crippen LogP) is -1.28. The summed E-state index contributed by atoms with van der Waals surface area (Å²) < 4.78 is 0. The Balaban J connectivity index is 0.000001000. The maximum Gasteiger partial charge on any atom is 0.234 e. The smallest absolute Gasteiger partial charge is 0.234 e. The average molecular weight is 180 g/mol. The molecular weight excluding hydrogens is 166 g/mol. The number of hydrogen-bond donors (Lipinski definition) is 3. The highest BCUT2D eigenvalue weighted by atomic mass is 35.5. The highest BCUT2D eigenvalue weighted by molar-refractivity contribution is 5.85. The van der Waals surface area contributed by atoms with Gasteiger partial charge in [-0.25, -0.2) is 0 Å². The summed E-state index contributed by atoms with van der Waals surface area (Å²) in [5, 5.41) is 8.72. The molecule has 0 aromatic rings. The van der Waals surface area contributed by atoms with Crippen molar-refractivity contribution in [2.45, 2.75) is 6.04 Å². The number of rotatable bonds is 3. The summed E-state index contributed by atoms with van der Waals surface area (Å²) in [5.41, 5.74) is 0. The van der Waals surface area contributed by atoms with E-state index in [9.17, 15) is 4.79 Å². The van der Waals surface area contributed by atoms with Gasteiger partial charge < -0.3 is 16.0 Å². The molecule has 0 radical (unpaired) electrons. The van der Waals surface area contributed by atoms with Crippen molar-refractivity contribution < 1.29 is 4.79 Å². The SMILES string of the molecule is CNCC(=O)NC1CNC1.Cl. The molecule has 0 saturated carbocycles. The molecule has 5 heteroatoms. The predicted molar refractivity (Wildman–Crippen MR) is 46.0 cm³/mol. The van der Waals surface area contributed by atoms with Crippen LogP contribution >= 0.6 is 12.4 Å². The zero-order valence-electron chi connectivity index (χ0n) is 6.52. The fourth-order valence-corrected chi connectivity index (χ4v) is 0.830. The summed E-state index contributed by atoms with van der Waals surface area (Å²) in [4.78, 5) is 10.8. The lowest BCUT2D eigenvalue weighted by Gasteiger charge is -2.27. The molecule has 0 spiro atoms. The van der Waals surface area contributed by atoms with Crippen molar-refractivity contribution in [3.63, 3.8) is 0 Å². The zero-order chi connectivity index (χ0) is 7.40. The molecule has 11 heavy (non-hydrogen) atoms. The second-order valence-corrected chi connectivity index (χ2v) is 2.45. The van der Waals surface area contributed by atoms with Crippen LogP contribution < -0.4 is 16.0 Å². The van der Waals surface area contributed by atoms with Crippen LogP contribution in [-0.4, -0.2) is 38.6 Å². The highest BCUT2D eigenvalue weighted by Gasteiger charge is 2.17. The molecule has 0 bridgehead atoms. The number of halogens is 1. The van der Waals surface area contributed by atoms with Crippen LogP contribution in [-0.2, 0) is 4.79 Å². The van der Waals surface area contributed by atoms with Crippen LogP contribution in [0.4, 0.5) is 0 Å². The van der Waals surface area contributed by atoms with E-state index in [0.717, 1.165) is 13.1 Å². The van der Waals surface area contributed by atoms with Gasteiger partial charge in [0.25, 0.3) is 0 Å². The van der Waals surface area contributed by atoms with Gasteiger partial charge in [0, 0.05) is 13.1 Å². The van der Waals surface area contributed by atoms with E-state index < -0.39 is 0 Å². The summed E-state index contributed by atoms with van der Waals surface area (Å²) in [6, 6.07) is 0.362. The Morgan fingerprint density at radius 1 is 1.64 bits per heavy atom. The molecule has 4 nitrogen and oxygen atoms in total. The van der Waals surface area contributed by atoms with Gasteiger partial charge in [-0.3, -0.25) is 4.79 Å². The molecule has 1 aliphatic rings. The van der Waals surface area contributed by atoms with E-state index in [-0.39, 0.29) is 18.3 Å². The summed E-state index contributed by atoms with van der Waals surface area (Å²) in [6.45, 7) is 2.24. The van der Waals surface area contributed by atoms with E-state index >= 15 is 0 Å². The van der Waals surface area contributed by atoms with Crippen molar-refractivity contribution in [2.24, 2.45) is 0 Å². The minimum absolute atomic E-state index is 0. The van der Waals surface area contributed by atoms with Crippen molar-refractivity contribution in [3.05, 3.63) is 0 Å². The minimum Gasteiger partial charge on any atom is -0.350 e. The van der Waals surface area contributed by atoms with Crippen LogP contribution in [0.1, 0.15) is 0 Å². The Kier molecular flexibility index (Phi) is 5.19. The molecule has 0 unspecified atom stereocenters. The van der Waals surface area contributed by atoms with E-state index in [4.69, 9.17) is 0 Å². The van der Waals surface area contributed by atoms with Crippen LogP contribution in [0.25, 0.3) is 0 Å². The first-order valence-electron chi connectivity index (χ1n) is 3.47. The van der Waals surface area contributed by atoms with Crippen molar-refractivity contribution in [2.75, 3.05) is 26.7 Å². The molecule has 1 heterocycles. The Hall–Kier alpha value is -0.320. The molecule has 0 atom stereocenters. The van der Waals surface area contributed by atoms with E-state index in [1.54, 1.807) is 7.05 Å². The average Bonchev–Trinajstić information content (AvgIpc) is 1.80. The van der Waals surface area contributed by atoms with Gasteiger partial charge in [0.15, 0.2) is 0 Å². The second-order valence-electron chi connectivity index (χ2n) is 2.45. The molecule has 3 N–H and O–H groups in total. The number of carbonyl (C=O) groups is 1. The highest BCUT2D eigenvalue weighted by Crippen LogP contribution is 1.88. The zero-order valence-corrected chi connectivity index (χ0v) is 7.33. The lowest BCUT2D eigenvalue weighted by Crippen LogP contribution is -2.58. The molecule has 1 saturated heterocycles. The molecule has 0 aromatic carbocycles. The third-order valence-corrected chi connectivity index (χ3v) is 1.48. The van der Waals surface area contributed by atoms with E-state index in [0.29, 0.717) is 12.6 Å². The van der Waals surface area contributed by atoms with Gasteiger partial charge in [-0.2, -0.15) is 0 Å². The summed E-state index contributed by atoms with van der Waals surface area (Å²) in [6.07, 6.45) is 0. The first kappa shape index (κ1) is 10.7. The molecule has 1 aliphatic heterocycles. The van der Waals surface area contributed by atoms with Gasteiger partial charge in [0.2, 0.25) is 5.91 Å². The molecule has 1 amide bonds. The van der Waals surface area contributed by atoms with Gasteiger partial charge in [-0.1, -0.05) is 0 Å². The summed E-state index contributed by atoms with van der Waals surface area (Å²) in [5.74, 6) is 0.0778. The first-order valence-corrected chi connectivity index (χ1v) is 3.47. The van der Waals surface area contributed by atoms with Gasteiger partial charge in [0.1, 0.15) is 0 Å². The van der Waals surface area contributed by atoms with Gasteiger partial charge in [-0.15, -0.1) is 12.4 Å². The molecule has 0 aliphatic carbocycles. The number of hydrogen-bond acceptors (Lipinski definition) is 3. The summed E-state index contributed by atoms with van der Waals surface area (Å²) >= 11 is 0. The van der Waals surface area contributed by atoms with Crippen molar-refractivity contribution in [1.82, 2.24) is 16.0 Å². The van der Waals surface area contributed by atoms with Crippen LogP contribution in [0.3, 0.4) is 0 Å². The van der Waals surface area contributed by atoms with Gasteiger partial charge >= 0.3 is 0 Å². The topological polar surface area (TPSA) is 53.2 Å². The maximum atomic E-state index is 10.8. The van der Waals surface area contributed by atoms with E-state index in [1.165, 1.54) is 0 Å². The third kappa shape index (κ3) is 3.55. The Bertz CT molecular complexity index is 127. The second kappa shape index (κ2) is 5.35. The molecular formula is C6H14ClN3O. The van der Waals surface area contributed by atoms with Gasteiger partial charge in [0.05, 0.1) is 12.6 Å². The van der Waals surface area contributed by atoms with E-state index in [1.807, 2.05) is 0 Å². The Morgan fingerprint density at radius 3 is 2.64 bits per heavy atom. The number of nitrogens with one attached hydrogen (secondary N) is 3. The van der Waals surface area contributed by atoms with Crippen molar-refractivity contribution in [1.29, 1.82) is 0 Å². The fourth-order valence-electron chi connectivity index (χ4n) is 0.830.